The van der Waals surface area contributed by atoms with Gasteiger partial charge in [-0.15, -0.1) is 4.91 Å². The zero-order chi connectivity index (χ0) is 11.7. The lowest BCUT2D eigenvalue weighted by Gasteiger charge is -2.03. The summed E-state index contributed by atoms with van der Waals surface area (Å²) in [6.45, 7) is 0. The number of aromatic nitrogens is 1. The van der Waals surface area contributed by atoms with Crippen molar-refractivity contribution < 1.29 is 4.84 Å². The average Bonchev–Trinajstić information content (AvgIpc) is 2.37. The van der Waals surface area contributed by atoms with Gasteiger partial charge in [0.15, 0.2) is 11.1 Å². The minimum Gasteiger partial charge on any atom is -0.323 e. The van der Waals surface area contributed by atoms with Crippen LogP contribution in [-0.2, 0) is 0 Å². The molecule has 1 heterocycles. The van der Waals surface area contributed by atoms with E-state index in [2.05, 4.69) is 10.3 Å². The first-order valence-electron chi connectivity index (χ1n) is 5.17. The monoisotopic (exact) mass is 224 g/mol. The first kappa shape index (κ1) is 9.72. The lowest BCUT2D eigenvalue weighted by Crippen LogP contribution is -1.86. The van der Waals surface area contributed by atoms with Crippen molar-refractivity contribution in [3.63, 3.8) is 0 Å². The molecule has 1 aromatic heterocycles. The van der Waals surface area contributed by atoms with Gasteiger partial charge in [0, 0.05) is 10.8 Å². The third-order valence-corrected chi connectivity index (χ3v) is 2.66. The highest BCUT2D eigenvalue weighted by atomic mass is 16.7. The average molecular weight is 224 g/mol. The summed E-state index contributed by atoms with van der Waals surface area (Å²) in [5.41, 5.74) is 1.70. The molecule has 2 aromatic carbocycles. The van der Waals surface area contributed by atoms with Gasteiger partial charge in [0.2, 0.25) is 0 Å². The molecule has 0 aliphatic rings. The molecule has 0 bridgehead atoms. The summed E-state index contributed by atoms with van der Waals surface area (Å²) < 4.78 is 0. The topological polar surface area (TPSA) is 51.5 Å². The second-order valence-corrected chi connectivity index (χ2v) is 3.67. The fourth-order valence-corrected chi connectivity index (χ4v) is 1.89. The number of pyridine rings is 1. The predicted octanol–water partition coefficient (Wildman–Crippen LogP) is 3.45. The molecule has 0 N–H and O–H groups in total. The van der Waals surface area contributed by atoms with Crippen LogP contribution in [0.15, 0.2) is 53.9 Å². The molecule has 4 heteroatoms. The molecule has 0 saturated heterocycles. The second kappa shape index (κ2) is 3.83. The van der Waals surface area contributed by atoms with Gasteiger partial charge in [-0.1, -0.05) is 24.3 Å². The number of benzene rings is 2. The molecule has 17 heavy (non-hydrogen) atoms. The van der Waals surface area contributed by atoms with E-state index in [9.17, 15) is 4.91 Å². The van der Waals surface area contributed by atoms with E-state index in [4.69, 9.17) is 4.84 Å². The third kappa shape index (κ3) is 1.59. The molecule has 0 amide bonds. The van der Waals surface area contributed by atoms with E-state index >= 15 is 0 Å². The highest BCUT2D eigenvalue weighted by molar-refractivity contribution is 5.95. The van der Waals surface area contributed by atoms with Gasteiger partial charge in [0.1, 0.15) is 0 Å². The molecular weight excluding hydrogens is 216 g/mol. The van der Waals surface area contributed by atoms with Crippen molar-refractivity contribution in [1.82, 2.24) is 4.98 Å². The zero-order valence-electron chi connectivity index (χ0n) is 8.83. The Kier molecular flexibility index (Phi) is 2.19. The van der Waals surface area contributed by atoms with Crippen LogP contribution in [0.2, 0.25) is 0 Å². The zero-order valence-corrected chi connectivity index (χ0v) is 8.83. The van der Waals surface area contributed by atoms with Gasteiger partial charge in [0.25, 0.3) is 0 Å². The SMILES string of the molecule is O=NOc1cccc2nc3ccccc3cc12. The number of fused-ring (bicyclic) bond motifs is 2. The van der Waals surface area contributed by atoms with Crippen LogP contribution in [0.1, 0.15) is 0 Å². The van der Waals surface area contributed by atoms with Gasteiger partial charge in [-0.3, -0.25) is 0 Å². The summed E-state index contributed by atoms with van der Waals surface area (Å²) >= 11 is 0. The summed E-state index contributed by atoms with van der Waals surface area (Å²) in [6.07, 6.45) is 0. The van der Waals surface area contributed by atoms with Gasteiger partial charge in [-0.25, -0.2) is 4.98 Å². The molecule has 0 aliphatic carbocycles. The Morgan fingerprint density at radius 3 is 2.71 bits per heavy atom. The van der Waals surface area contributed by atoms with E-state index in [0.717, 1.165) is 21.8 Å². The minimum absolute atomic E-state index is 0.427. The van der Waals surface area contributed by atoms with Gasteiger partial charge in [0.05, 0.1) is 11.0 Å². The van der Waals surface area contributed by atoms with Crippen LogP contribution in [0.4, 0.5) is 0 Å². The van der Waals surface area contributed by atoms with E-state index < -0.39 is 0 Å². The van der Waals surface area contributed by atoms with Crippen LogP contribution in [0.5, 0.6) is 5.75 Å². The Balaban J connectivity index is 2.39. The summed E-state index contributed by atoms with van der Waals surface area (Å²) in [4.78, 5) is 19.4. The van der Waals surface area contributed by atoms with E-state index in [-0.39, 0.29) is 0 Å². The number of nitrogens with zero attached hydrogens (tertiary/aromatic N) is 2. The summed E-state index contributed by atoms with van der Waals surface area (Å²) in [5.74, 6) is 0.427. The van der Waals surface area contributed by atoms with Crippen LogP contribution in [0, 0.1) is 4.91 Å². The Morgan fingerprint density at radius 1 is 1.00 bits per heavy atom. The van der Waals surface area contributed by atoms with Crippen molar-refractivity contribution in [2.75, 3.05) is 0 Å². The van der Waals surface area contributed by atoms with Gasteiger partial charge in [-0.2, -0.15) is 0 Å². The van der Waals surface area contributed by atoms with Crippen molar-refractivity contribution in [3.8, 4) is 5.75 Å². The number of para-hydroxylation sites is 1. The summed E-state index contributed by atoms with van der Waals surface area (Å²) in [7, 11) is 0. The smallest absolute Gasteiger partial charge is 0.170 e. The first-order chi connectivity index (χ1) is 8.38. The molecule has 0 fully saturated rings. The quantitative estimate of drug-likeness (QED) is 0.380. The Morgan fingerprint density at radius 2 is 1.82 bits per heavy atom. The molecule has 0 aliphatic heterocycles. The van der Waals surface area contributed by atoms with Crippen LogP contribution < -0.4 is 4.84 Å². The van der Waals surface area contributed by atoms with Crippen molar-refractivity contribution in [2.24, 2.45) is 5.34 Å². The van der Waals surface area contributed by atoms with Crippen molar-refractivity contribution in [3.05, 3.63) is 53.4 Å². The molecule has 0 saturated carbocycles. The predicted molar refractivity (Wildman–Crippen MR) is 65.7 cm³/mol. The molecule has 4 nitrogen and oxygen atoms in total. The number of rotatable bonds is 2. The fraction of sp³-hybridized carbons (Fsp3) is 0. The molecule has 82 valence electrons. The van der Waals surface area contributed by atoms with Crippen molar-refractivity contribution >= 4 is 21.8 Å². The lowest BCUT2D eigenvalue weighted by molar-refractivity contribution is 0.339. The summed E-state index contributed by atoms with van der Waals surface area (Å²) in [6, 6.07) is 15.1. The Hall–Kier alpha value is -2.49. The summed E-state index contributed by atoms with van der Waals surface area (Å²) in [5, 5.41) is 4.24. The number of hydrogen-bond donors (Lipinski definition) is 0. The second-order valence-electron chi connectivity index (χ2n) is 3.67. The minimum atomic E-state index is 0.427. The van der Waals surface area contributed by atoms with Crippen molar-refractivity contribution in [1.29, 1.82) is 0 Å². The van der Waals surface area contributed by atoms with E-state index in [1.165, 1.54) is 0 Å². The fourth-order valence-electron chi connectivity index (χ4n) is 1.89. The molecule has 3 aromatic rings. The largest absolute Gasteiger partial charge is 0.323 e. The Bertz CT molecular complexity index is 710. The maximum Gasteiger partial charge on any atom is 0.170 e. The standard InChI is InChI=1S/C13H8N2O2/c16-15-17-13-7-3-6-12-10(13)8-9-4-1-2-5-11(9)14-12/h1-8H. The van der Waals surface area contributed by atoms with E-state index in [1.807, 2.05) is 36.4 Å². The van der Waals surface area contributed by atoms with Gasteiger partial charge in [-0.05, 0) is 24.3 Å². The molecule has 0 unspecified atom stereocenters. The highest BCUT2D eigenvalue weighted by Gasteiger charge is 2.05. The first-order valence-corrected chi connectivity index (χ1v) is 5.17. The number of hydrogen-bond acceptors (Lipinski definition) is 4. The molecule has 0 atom stereocenters. The normalized spacial score (nSPS) is 10.6. The van der Waals surface area contributed by atoms with Gasteiger partial charge >= 0.3 is 0 Å². The van der Waals surface area contributed by atoms with Crippen LogP contribution >= 0.6 is 0 Å². The lowest BCUT2D eigenvalue weighted by atomic mass is 10.1. The highest BCUT2D eigenvalue weighted by Crippen LogP contribution is 2.27. The maximum atomic E-state index is 10.2. The van der Waals surface area contributed by atoms with Crippen LogP contribution in [0.3, 0.4) is 0 Å². The van der Waals surface area contributed by atoms with E-state index in [1.54, 1.807) is 12.1 Å². The van der Waals surface area contributed by atoms with E-state index in [0.29, 0.717) is 5.75 Å². The van der Waals surface area contributed by atoms with Crippen LogP contribution in [-0.4, -0.2) is 4.98 Å². The third-order valence-electron chi connectivity index (χ3n) is 2.66. The Labute approximate surface area is 96.8 Å². The van der Waals surface area contributed by atoms with Crippen LogP contribution in [0.25, 0.3) is 21.8 Å². The van der Waals surface area contributed by atoms with Crippen molar-refractivity contribution in [2.45, 2.75) is 0 Å². The molecule has 3 rings (SSSR count). The molecule has 0 spiro atoms. The molecular formula is C13H8N2O2. The van der Waals surface area contributed by atoms with Gasteiger partial charge < -0.3 is 4.84 Å². The maximum absolute atomic E-state index is 10.2. The molecule has 0 radical (unpaired) electrons.